The molecule has 0 fully saturated rings. The number of methoxy groups -OCH3 is 2. The van der Waals surface area contributed by atoms with Crippen LogP contribution in [0.2, 0.25) is 0 Å². The number of aryl methyl sites for hydroxylation is 2. The molecule has 0 spiro atoms. The largest absolute Gasteiger partial charge is 0.497 e. The molecule has 0 aliphatic rings. The molecule has 134 valence electrons. The molecule has 5 heteroatoms. The minimum Gasteiger partial charge on any atom is -0.497 e. The zero-order valence-corrected chi connectivity index (χ0v) is 15.2. The molecule has 0 amide bonds. The van der Waals surface area contributed by atoms with Crippen molar-refractivity contribution in [3.05, 3.63) is 58.7 Å². The quantitative estimate of drug-likeness (QED) is 0.746. The van der Waals surface area contributed by atoms with E-state index >= 15 is 0 Å². The SMILES string of the molecule is COC(=O)COc1c(C)cc(CNCc2cccc(OC)c2)cc1C. The first-order valence-corrected chi connectivity index (χ1v) is 8.17. The monoisotopic (exact) mass is 343 g/mol. The standard InChI is InChI=1S/C20H25NO4/c1-14-8-17(9-15(2)20(14)25-13-19(22)24-4)12-21-11-16-6-5-7-18(10-16)23-3/h5-10,21H,11-13H2,1-4H3. The lowest BCUT2D eigenvalue weighted by Crippen LogP contribution is -2.15. The lowest BCUT2D eigenvalue weighted by Gasteiger charge is -2.14. The lowest BCUT2D eigenvalue weighted by molar-refractivity contribution is -0.142. The van der Waals surface area contributed by atoms with E-state index in [9.17, 15) is 4.79 Å². The summed E-state index contributed by atoms with van der Waals surface area (Å²) in [6.45, 7) is 5.38. The fourth-order valence-electron chi connectivity index (χ4n) is 2.69. The number of benzene rings is 2. The van der Waals surface area contributed by atoms with Crippen LogP contribution in [0.1, 0.15) is 22.3 Å². The number of hydrogen-bond acceptors (Lipinski definition) is 5. The molecular formula is C20H25NO4. The van der Waals surface area contributed by atoms with Crippen LogP contribution in [0.25, 0.3) is 0 Å². The second-order valence-electron chi connectivity index (χ2n) is 5.88. The van der Waals surface area contributed by atoms with Crippen LogP contribution in [0.15, 0.2) is 36.4 Å². The van der Waals surface area contributed by atoms with Gasteiger partial charge in [0.1, 0.15) is 11.5 Å². The van der Waals surface area contributed by atoms with Crippen LogP contribution < -0.4 is 14.8 Å². The van der Waals surface area contributed by atoms with Gasteiger partial charge in [0, 0.05) is 13.1 Å². The van der Waals surface area contributed by atoms with Crippen molar-refractivity contribution in [1.29, 1.82) is 0 Å². The third-order valence-electron chi connectivity index (χ3n) is 3.87. The fraction of sp³-hybridized carbons (Fsp3) is 0.350. The van der Waals surface area contributed by atoms with Crippen molar-refractivity contribution in [2.24, 2.45) is 0 Å². The minimum atomic E-state index is -0.386. The average Bonchev–Trinajstić information content (AvgIpc) is 2.61. The molecule has 5 nitrogen and oxygen atoms in total. The van der Waals surface area contributed by atoms with Gasteiger partial charge in [0.2, 0.25) is 0 Å². The van der Waals surface area contributed by atoms with Gasteiger partial charge in [-0.2, -0.15) is 0 Å². The molecule has 0 unspecified atom stereocenters. The number of hydrogen-bond donors (Lipinski definition) is 1. The summed E-state index contributed by atoms with van der Waals surface area (Å²) in [5.41, 5.74) is 4.35. The van der Waals surface area contributed by atoms with Gasteiger partial charge in [-0.3, -0.25) is 0 Å². The Kier molecular flexibility index (Phi) is 6.83. The van der Waals surface area contributed by atoms with Crippen molar-refractivity contribution in [2.75, 3.05) is 20.8 Å². The van der Waals surface area contributed by atoms with E-state index in [4.69, 9.17) is 9.47 Å². The summed E-state index contributed by atoms with van der Waals surface area (Å²) in [4.78, 5) is 11.2. The van der Waals surface area contributed by atoms with Gasteiger partial charge in [-0.15, -0.1) is 0 Å². The molecular weight excluding hydrogens is 318 g/mol. The van der Waals surface area contributed by atoms with Crippen molar-refractivity contribution in [1.82, 2.24) is 5.32 Å². The smallest absolute Gasteiger partial charge is 0.343 e. The predicted molar refractivity (Wildman–Crippen MR) is 97.0 cm³/mol. The maximum absolute atomic E-state index is 11.2. The Morgan fingerprint density at radius 2 is 1.68 bits per heavy atom. The van der Waals surface area contributed by atoms with Gasteiger partial charge >= 0.3 is 5.97 Å². The zero-order chi connectivity index (χ0) is 18.2. The summed E-state index contributed by atoms with van der Waals surface area (Å²) in [5.74, 6) is 1.21. The van der Waals surface area contributed by atoms with Gasteiger partial charge in [-0.05, 0) is 48.2 Å². The fourth-order valence-corrected chi connectivity index (χ4v) is 2.69. The number of ether oxygens (including phenoxy) is 3. The number of esters is 1. The Balaban J connectivity index is 1.95. The highest BCUT2D eigenvalue weighted by atomic mass is 16.6. The maximum atomic E-state index is 11.2. The average molecular weight is 343 g/mol. The molecule has 25 heavy (non-hydrogen) atoms. The molecule has 0 bridgehead atoms. The summed E-state index contributed by atoms with van der Waals surface area (Å²) in [5, 5.41) is 3.43. The minimum absolute atomic E-state index is 0.0778. The zero-order valence-electron chi connectivity index (χ0n) is 15.2. The van der Waals surface area contributed by atoms with Gasteiger partial charge in [-0.1, -0.05) is 24.3 Å². The van der Waals surface area contributed by atoms with Crippen molar-refractivity contribution in [2.45, 2.75) is 26.9 Å². The van der Waals surface area contributed by atoms with Gasteiger partial charge in [0.05, 0.1) is 14.2 Å². The molecule has 0 saturated heterocycles. The molecule has 2 rings (SSSR count). The molecule has 0 saturated carbocycles. The highest BCUT2D eigenvalue weighted by molar-refractivity contribution is 5.71. The topological polar surface area (TPSA) is 56.8 Å². The maximum Gasteiger partial charge on any atom is 0.343 e. The van der Waals surface area contributed by atoms with Crippen LogP contribution in [0.3, 0.4) is 0 Å². The Bertz CT molecular complexity index is 704. The van der Waals surface area contributed by atoms with Crippen molar-refractivity contribution in [3.63, 3.8) is 0 Å². The first kappa shape index (κ1) is 18.8. The van der Waals surface area contributed by atoms with Gasteiger partial charge < -0.3 is 19.5 Å². The summed E-state index contributed by atoms with van der Waals surface area (Å²) in [7, 11) is 3.02. The van der Waals surface area contributed by atoms with Crippen LogP contribution in [-0.2, 0) is 22.6 Å². The van der Waals surface area contributed by atoms with E-state index < -0.39 is 0 Å². The first-order valence-electron chi connectivity index (χ1n) is 8.17. The number of carbonyl (C=O) groups excluding carboxylic acids is 1. The molecule has 0 atom stereocenters. The third kappa shape index (κ3) is 5.50. The van der Waals surface area contributed by atoms with E-state index in [2.05, 4.69) is 28.3 Å². The summed E-state index contributed by atoms with van der Waals surface area (Å²) < 4.78 is 15.4. The van der Waals surface area contributed by atoms with E-state index in [1.54, 1.807) is 7.11 Å². The van der Waals surface area contributed by atoms with Gasteiger partial charge in [-0.25, -0.2) is 4.79 Å². The van der Waals surface area contributed by atoms with Crippen LogP contribution in [0, 0.1) is 13.8 Å². The van der Waals surface area contributed by atoms with Crippen LogP contribution >= 0.6 is 0 Å². The van der Waals surface area contributed by atoms with E-state index in [1.165, 1.54) is 18.2 Å². The normalized spacial score (nSPS) is 10.4. The Morgan fingerprint density at radius 1 is 1.00 bits per heavy atom. The molecule has 0 aromatic heterocycles. The third-order valence-corrected chi connectivity index (χ3v) is 3.87. The second kappa shape index (κ2) is 9.08. The number of rotatable bonds is 8. The summed E-state index contributed by atoms with van der Waals surface area (Å²) in [6.07, 6.45) is 0. The van der Waals surface area contributed by atoms with Crippen molar-refractivity contribution >= 4 is 5.97 Å². The van der Waals surface area contributed by atoms with Crippen molar-refractivity contribution in [3.8, 4) is 11.5 Å². The van der Waals surface area contributed by atoms with E-state index in [1.807, 2.05) is 32.0 Å². The Labute approximate surface area is 148 Å². The molecule has 2 aromatic carbocycles. The summed E-state index contributed by atoms with van der Waals surface area (Å²) >= 11 is 0. The number of nitrogens with one attached hydrogen (secondary N) is 1. The van der Waals surface area contributed by atoms with Crippen LogP contribution in [-0.4, -0.2) is 26.8 Å². The molecule has 1 N–H and O–H groups in total. The Morgan fingerprint density at radius 3 is 2.32 bits per heavy atom. The molecule has 2 aromatic rings. The van der Waals surface area contributed by atoms with Crippen LogP contribution in [0.5, 0.6) is 11.5 Å². The lowest BCUT2D eigenvalue weighted by atomic mass is 10.1. The predicted octanol–water partition coefficient (Wildman–Crippen LogP) is 3.15. The molecule has 0 aliphatic carbocycles. The first-order chi connectivity index (χ1) is 12.0. The number of carbonyl (C=O) groups is 1. The Hall–Kier alpha value is -2.53. The van der Waals surface area contributed by atoms with Gasteiger partial charge in [0.25, 0.3) is 0 Å². The molecule has 0 aliphatic heterocycles. The van der Waals surface area contributed by atoms with E-state index in [0.717, 1.165) is 35.7 Å². The second-order valence-corrected chi connectivity index (χ2v) is 5.88. The van der Waals surface area contributed by atoms with Gasteiger partial charge in [0.15, 0.2) is 6.61 Å². The molecule has 0 heterocycles. The van der Waals surface area contributed by atoms with E-state index in [-0.39, 0.29) is 12.6 Å². The highest BCUT2D eigenvalue weighted by Gasteiger charge is 2.09. The van der Waals surface area contributed by atoms with Crippen molar-refractivity contribution < 1.29 is 19.0 Å². The highest BCUT2D eigenvalue weighted by Crippen LogP contribution is 2.25. The van der Waals surface area contributed by atoms with E-state index in [0.29, 0.717) is 0 Å². The summed E-state index contributed by atoms with van der Waals surface area (Å²) in [6, 6.07) is 12.1. The van der Waals surface area contributed by atoms with Crippen LogP contribution in [0.4, 0.5) is 0 Å². The molecule has 0 radical (unpaired) electrons.